The number of nitrogens with one attached hydrogen (secondary N) is 1. The fraction of sp³-hybridized carbons (Fsp3) is 0.500. The summed E-state index contributed by atoms with van der Waals surface area (Å²) >= 11 is 0. The number of hydrogen-bond donors (Lipinski definition) is 1. The molecule has 0 bridgehead atoms. The topological polar surface area (TPSA) is 24.9 Å². The molecule has 0 aromatic carbocycles. The minimum atomic E-state index is -0.286. The van der Waals surface area contributed by atoms with Crippen molar-refractivity contribution >= 4 is 0 Å². The summed E-state index contributed by atoms with van der Waals surface area (Å²) < 4.78 is 12.5. The van der Waals surface area contributed by atoms with Crippen LogP contribution in [0.2, 0.25) is 0 Å². The van der Waals surface area contributed by atoms with E-state index in [2.05, 4.69) is 17.2 Å². The summed E-state index contributed by atoms with van der Waals surface area (Å²) in [7, 11) is 0. The highest BCUT2D eigenvalue weighted by atomic mass is 19.1. The molecule has 1 unspecified atom stereocenters. The minimum Gasteiger partial charge on any atom is -0.309 e. The van der Waals surface area contributed by atoms with Crippen molar-refractivity contribution in [2.45, 2.75) is 26.3 Å². The monoisotopic (exact) mass is 182 g/mol. The van der Waals surface area contributed by atoms with Crippen molar-refractivity contribution in [1.29, 1.82) is 0 Å². The van der Waals surface area contributed by atoms with E-state index >= 15 is 0 Å². The van der Waals surface area contributed by atoms with Gasteiger partial charge in [0.25, 0.3) is 0 Å². The summed E-state index contributed by atoms with van der Waals surface area (Å²) in [4.78, 5) is 3.99. The van der Waals surface area contributed by atoms with Gasteiger partial charge in [0.1, 0.15) is 5.82 Å². The lowest BCUT2D eigenvalue weighted by atomic mass is 10.2. The minimum absolute atomic E-state index is 0.195. The van der Waals surface area contributed by atoms with Crippen LogP contribution in [-0.4, -0.2) is 11.5 Å². The highest BCUT2D eigenvalue weighted by molar-refractivity contribution is 5.08. The summed E-state index contributed by atoms with van der Waals surface area (Å²) in [6.07, 6.45) is 2.34. The number of rotatable bonds is 4. The standard InChI is InChI=1S/C10H15FN2/c1-3-6-12-8(2)10-5-4-9(11)7-13-10/h4-5,7-8,12H,3,6H2,1-2H3. The van der Waals surface area contributed by atoms with Gasteiger partial charge in [-0.25, -0.2) is 4.39 Å². The average Bonchev–Trinajstić information content (AvgIpc) is 2.15. The first-order valence-electron chi connectivity index (χ1n) is 4.59. The Morgan fingerprint density at radius 1 is 1.54 bits per heavy atom. The molecule has 1 atom stereocenters. The van der Waals surface area contributed by atoms with Gasteiger partial charge < -0.3 is 5.32 Å². The highest BCUT2D eigenvalue weighted by Gasteiger charge is 2.04. The van der Waals surface area contributed by atoms with E-state index in [1.165, 1.54) is 12.3 Å². The van der Waals surface area contributed by atoms with E-state index in [9.17, 15) is 4.39 Å². The molecule has 72 valence electrons. The molecule has 2 nitrogen and oxygen atoms in total. The van der Waals surface area contributed by atoms with E-state index in [4.69, 9.17) is 0 Å². The van der Waals surface area contributed by atoms with E-state index in [0.29, 0.717) is 0 Å². The van der Waals surface area contributed by atoms with Gasteiger partial charge in [0.05, 0.1) is 11.9 Å². The summed E-state index contributed by atoms with van der Waals surface area (Å²) in [5.74, 6) is -0.286. The first-order valence-corrected chi connectivity index (χ1v) is 4.59. The second-order valence-electron chi connectivity index (χ2n) is 3.08. The van der Waals surface area contributed by atoms with Gasteiger partial charge in [-0.2, -0.15) is 0 Å². The normalized spacial score (nSPS) is 12.8. The van der Waals surface area contributed by atoms with Crippen molar-refractivity contribution in [3.05, 3.63) is 29.8 Å². The number of aromatic nitrogens is 1. The van der Waals surface area contributed by atoms with E-state index < -0.39 is 0 Å². The maximum Gasteiger partial charge on any atom is 0.141 e. The Hall–Kier alpha value is -0.960. The van der Waals surface area contributed by atoms with Crippen LogP contribution in [0.4, 0.5) is 4.39 Å². The molecule has 3 heteroatoms. The smallest absolute Gasteiger partial charge is 0.141 e. The molecule has 1 heterocycles. The fourth-order valence-corrected chi connectivity index (χ4v) is 1.11. The van der Waals surface area contributed by atoms with Gasteiger partial charge in [0, 0.05) is 6.04 Å². The predicted octanol–water partition coefficient (Wildman–Crippen LogP) is 2.28. The molecule has 13 heavy (non-hydrogen) atoms. The highest BCUT2D eigenvalue weighted by Crippen LogP contribution is 2.08. The zero-order chi connectivity index (χ0) is 9.68. The van der Waals surface area contributed by atoms with E-state index in [0.717, 1.165) is 18.7 Å². The van der Waals surface area contributed by atoms with Crippen LogP contribution in [0.25, 0.3) is 0 Å². The second-order valence-corrected chi connectivity index (χ2v) is 3.08. The lowest BCUT2D eigenvalue weighted by Crippen LogP contribution is -2.20. The van der Waals surface area contributed by atoms with Crippen molar-refractivity contribution in [1.82, 2.24) is 10.3 Å². The Bertz CT molecular complexity index is 246. The molecular formula is C10H15FN2. The number of nitrogens with zero attached hydrogens (tertiary/aromatic N) is 1. The van der Waals surface area contributed by atoms with Crippen LogP contribution in [0.15, 0.2) is 18.3 Å². The van der Waals surface area contributed by atoms with Crippen molar-refractivity contribution < 1.29 is 4.39 Å². The third kappa shape index (κ3) is 3.11. The van der Waals surface area contributed by atoms with Crippen LogP contribution in [0.3, 0.4) is 0 Å². The van der Waals surface area contributed by atoms with Gasteiger partial charge in [-0.1, -0.05) is 6.92 Å². The average molecular weight is 182 g/mol. The predicted molar refractivity (Wildman–Crippen MR) is 50.9 cm³/mol. The van der Waals surface area contributed by atoms with Gasteiger partial charge in [-0.15, -0.1) is 0 Å². The summed E-state index contributed by atoms with van der Waals surface area (Å²) in [6.45, 7) is 5.09. The first kappa shape index (κ1) is 10.1. The zero-order valence-electron chi connectivity index (χ0n) is 8.05. The number of halogens is 1. The molecule has 0 saturated heterocycles. The largest absolute Gasteiger partial charge is 0.309 e. The van der Waals surface area contributed by atoms with Gasteiger partial charge >= 0.3 is 0 Å². The molecule has 0 saturated carbocycles. The van der Waals surface area contributed by atoms with Gasteiger partial charge in [-0.05, 0) is 32.0 Å². The van der Waals surface area contributed by atoms with E-state index in [1.54, 1.807) is 6.07 Å². The SMILES string of the molecule is CCCNC(C)c1ccc(F)cn1. The number of hydrogen-bond acceptors (Lipinski definition) is 2. The van der Waals surface area contributed by atoms with Crippen LogP contribution in [-0.2, 0) is 0 Å². The van der Waals surface area contributed by atoms with Crippen LogP contribution in [0.5, 0.6) is 0 Å². The van der Waals surface area contributed by atoms with Gasteiger partial charge in [0.15, 0.2) is 0 Å². The Labute approximate surface area is 78.2 Å². The van der Waals surface area contributed by atoms with Crippen molar-refractivity contribution in [2.24, 2.45) is 0 Å². The fourth-order valence-electron chi connectivity index (χ4n) is 1.11. The van der Waals surface area contributed by atoms with Crippen LogP contribution < -0.4 is 5.32 Å². The Morgan fingerprint density at radius 3 is 2.85 bits per heavy atom. The van der Waals surface area contributed by atoms with E-state index in [1.807, 2.05) is 6.92 Å². The zero-order valence-corrected chi connectivity index (χ0v) is 8.05. The molecule has 1 rings (SSSR count). The Morgan fingerprint density at radius 2 is 2.31 bits per heavy atom. The number of pyridine rings is 1. The van der Waals surface area contributed by atoms with Crippen molar-refractivity contribution in [3.8, 4) is 0 Å². The lowest BCUT2D eigenvalue weighted by molar-refractivity contribution is 0.552. The molecule has 0 aliphatic carbocycles. The molecule has 0 aliphatic rings. The Kier molecular flexibility index (Phi) is 3.83. The van der Waals surface area contributed by atoms with Crippen molar-refractivity contribution in [3.63, 3.8) is 0 Å². The maximum absolute atomic E-state index is 12.5. The molecule has 0 spiro atoms. The molecule has 1 aromatic heterocycles. The lowest BCUT2D eigenvalue weighted by Gasteiger charge is -2.11. The van der Waals surface area contributed by atoms with Crippen LogP contribution in [0, 0.1) is 5.82 Å². The molecule has 0 radical (unpaired) electrons. The third-order valence-electron chi connectivity index (χ3n) is 1.89. The maximum atomic E-state index is 12.5. The molecule has 0 amide bonds. The Balaban J connectivity index is 2.55. The van der Waals surface area contributed by atoms with Gasteiger partial charge in [-0.3, -0.25) is 4.98 Å². The van der Waals surface area contributed by atoms with Crippen LogP contribution >= 0.6 is 0 Å². The molecule has 1 N–H and O–H groups in total. The third-order valence-corrected chi connectivity index (χ3v) is 1.89. The van der Waals surface area contributed by atoms with E-state index in [-0.39, 0.29) is 11.9 Å². The molecule has 0 fully saturated rings. The first-order chi connectivity index (χ1) is 6.24. The van der Waals surface area contributed by atoms with Gasteiger partial charge in [0.2, 0.25) is 0 Å². The van der Waals surface area contributed by atoms with Crippen molar-refractivity contribution in [2.75, 3.05) is 6.54 Å². The molecule has 0 aliphatic heterocycles. The molecular weight excluding hydrogens is 167 g/mol. The summed E-state index contributed by atoms with van der Waals surface area (Å²) in [5.41, 5.74) is 0.884. The summed E-state index contributed by atoms with van der Waals surface area (Å²) in [5, 5.41) is 3.28. The second kappa shape index (κ2) is 4.92. The van der Waals surface area contributed by atoms with Crippen LogP contribution in [0.1, 0.15) is 32.0 Å². The quantitative estimate of drug-likeness (QED) is 0.772. The summed E-state index contributed by atoms with van der Waals surface area (Å²) in [6, 6.07) is 3.34. The molecule has 1 aromatic rings.